The summed E-state index contributed by atoms with van der Waals surface area (Å²) in [6.07, 6.45) is 10.9. The lowest BCUT2D eigenvalue weighted by Crippen LogP contribution is -2.37. The average Bonchev–Trinajstić information content (AvgIpc) is 3.22. The lowest BCUT2D eigenvalue weighted by molar-refractivity contribution is 0.124. The van der Waals surface area contributed by atoms with Gasteiger partial charge in [-0.15, -0.1) is 0 Å². The lowest BCUT2D eigenvalue weighted by Gasteiger charge is -2.24. The van der Waals surface area contributed by atoms with Crippen molar-refractivity contribution < 1.29 is 29.0 Å². The lowest BCUT2D eigenvalue weighted by atomic mass is 9.79. The van der Waals surface area contributed by atoms with E-state index in [4.69, 9.17) is 18.8 Å². The molecule has 1 heterocycles. The Kier molecular flexibility index (Phi) is 6.47. The van der Waals surface area contributed by atoms with Crippen LogP contribution < -0.4 is 14.9 Å². The molecule has 2 aromatic rings. The first-order chi connectivity index (χ1) is 16.5. The van der Waals surface area contributed by atoms with E-state index >= 15 is 0 Å². The third-order valence-corrected chi connectivity index (χ3v) is 6.53. The molecule has 0 aromatic heterocycles. The van der Waals surface area contributed by atoms with Gasteiger partial charge < -0.3 is 33.9 Å². The number of rotatable bonds is 5. The van der Waals surface area contributed by atoms with Gasteiger partial charge in [-0.05, 0) is 62.3 Å². The van der Waals surface area contributed by atoms with Gasteiger partial charge >= 0.3 is 7.12 Å². The molecule has 1 fully saturated rings. The van der Waals surface area contributed by atoms with Gasteiger partial charge in [0, 0.05) is 18.1 Å². The minimum absolute atomic E-state index is 0.0286. The molecule has 34 heavy (non-hydrogen) atoms. The van der Waals surface area contributed by atoms with E-state index in [0.717, 1.165) is 37.2 Å². The van der Waals surface area contributed by atoms with Crippen molar-refractivity contribution in [3.05, 3.63) is 77.9 Å². The van der Waals surface area contributed by atoms with Gasteiger partial charge in [0.2, 0.25) is 0 Å². The highest BCUT2D eigenvalue weighted by Gasteiger charge is 2.31. The molecule has 2 aliphatic carbocycles. The molecule has 0 radical (unpaired) electrons. The minimum atomic E-state index is -0.984. The summed E-state index contributed by atoms with van der Waals surface area (Å²) < 4.78 is 23.5. The number of benzene rings is 2. The Morgan fingerprint density at radius 3 is 2.29 bits per heavy atom. The highest BCUT2D eigenvalue weighted by molar-refractivity contribution is 6.61. The van der Waals surface area contributed by atoms with Crippen molar-refractivity contribution in [1.29, 1.82) is 0 Å². The average molecular weight is 463 g/mol. The number of fused-ring (bicyclic) bond motifs is 1. The Morgan fingerprint density at radius 1 is 0.882 bits per heavy atom. The zero-order chi connectivity index (χ0) is 23.5. The summed E-state index contributed by atoms with van der Waals surface area (Å²) in [6, 6.07) is 13.6. The Balaban J connectivity index is 1.26. The van der Waals surface area contributed by atoms with Crippen molar-refractivity contribution in [2.75, 3.05) is 7.05 Å². The molecule has 1 saturated carbocycles. The van der Waals surface area contributed by atoms with Crippen LogP contribution in [0.25, 0.3) is 0 Å². The van der Waals surface area contributed by atoms with Crippen LogP contribution >= 0.6 is 0 Å². The number of nitrogens with zero attached hydrogens (tertiary/aromatic N) is 1. The molecule has 178 valence electrons. The first-order valence-electron chi connectivity index (χ1n) is 12.0. The topological polar surface area (TPSA) is 80.6 Å². The summed E-state index contributed by atoms with van der Waals surface area (Å²) in [5.41, 5.74) is 3.09. The molecule has 0 bridgehead atoms. The Hall–Kier alpha value is -3.42. The molecule has 5 rings (SSSR count). The van der Waals surface area contributed by atoms with Gasteiger partial charge in [0.15, 0.2) is 0 Å². The molecule has 2 N–H and O–H groups in total. The molecule has 1 atom stereocenters. The first-order valence-corrected chi connectivity index (χ1v) is 12.0. The van der Waals surface area contributed by atoms with Gasteiger partial charge in [-0.2, -0.15) is 0 Å². The van der Waals surface area contributed by atoms with Gasteiger partial charge in [0.05, 0.1) is 18.5 Å². The summed E-state index contributed by atoms with van der Waals surface area (Å²) >= 11 is 0. The van der Waals surface area contributed by atoms with E-state index in [1.54, 1.807) is 19.2 Å². The minimum Gasteiger partial charge on any atom is -0.494 e. The number of hydrogen-bond acceptors (Lipinski definition) is 7. The second-order valence-electron chi connectivity index (χ2n) is 9.08. The molecule has 0 saturated heterocycles. The van der Waals surface area contributed by atoms with Gasteiger partial charge in [-0.1, -0.05) is 30.7 Å². The van der Waals surface area contributed by atoms with Crippen molar-refractivity contribution in [2.24, 2.45) is 0 Å². The third kappa shape index (κ3) is 5.06. The van der Waals surface area contributed by atoms with Crippen LogP contribution in [-0.2, 0) is 15.7 Å². The van der Waals surface area contributed by atoms with E-state index < -0.39 is 7.12 Å². The molecular formula is C26H30BNO6. The van der Waals surface area contributed by atoms with E-state index in [0.29, 0.717) is 11.6 Å². The van der Waals surface area contributed by atoms with Crippen molar-refractivity contribution in [1.82, 2.24) is 4.90 Å². The van der Waals surface area contributed by atoms with Crippen molar-refractivity contribution >= 4 is 12.6 Å². The predicted molar refractivity (Wildman–Crippen MR) is 129 cm³/mol. The summed E-state index contributed by atoms with van der Waals surface area (Å²) in [5.74, 6) is 1.11. The molecule has 1 unspecified atom stereocenters. The van der Waals surface area contributed by atoms with Gasteiger partial charge in [-0.3, -0.25) is 0 Å². The van der Waals surface area contributed by atoms with Crippen LogP contribution in [0.2, 0.25) is 0 Å². The summed E-state index contributed by atoms with van der Waals surface area (Å²) in [6.45, 7) is 0. The summed E-state index contributed by atoms with van der Waals surface area (Å²) in [4.78, 5) is 1.43. The fraction of sp³-hybridized carbons (Fsp3) is 0.385. The van der Waals surface area contributed by atoms with Crippen molar-refractivity contribution in [3.63, 3.8) is 0 Å². The highest BCUT2D eigenvalue weighted by Crippen LogP contribution is 2.40. The van der Waals surface area contributed by atoms with Crippen molar-refractivity contribution in [3.8, 4) is 11.5 Å². The molecule has 1 aliphatic heterocycles. The van der Waals surface area contributed by atoms with Crippen LogP contribution in [-0.4, -0.2) is 35.4 Å². The number of hydrogen-bond donors (Lipinski definition) is 2. The van der Waals surface area contributed by atoms with E-state index in [-0.39, 0.29) is 18.0 Å². The van der Waals surface area contributed by atoms with Crippen LogP contribution in [0.1, 0.15) is 55.8 Å². The maximum Gasteiger partial charge on any atom is 0.636 e. The third-order valence-electron chi connectivity index (χ3n) is 6.53. The molecule has 2 aromatic carbocycles. The number of ether oxygens (including phenoxy) is 2. The van der Waals surface area contributed by atoms with Crippen LogP contribution in [0.4, 0.5) is 0 Å². The zero-order valence-corrected chi connectivity index (χ0v) is 19.4. The maximum absolute atomic E-state index is 9.94. The molecular weight excluding hydrogens is 433 g/mol. The molecule has 0 spiro atoms. The summed E-state index contributed by atoms with van der Waals surface area (Å²) in [7, 11) is 0.652. The second kappa shape index (κ2) is 9.83. The molecule has 7 nitrogen and oxygen atoms in total. The fourth-order valence-electron chi connectivity index (χ4n) is 4.87. The molecule has 0 amide bonds. The quantitative estimate of drug-likeness (QED) is 0.614. The van der Waals surface area contributed by atoms with E-state index in [2.05, 4.69) is 18.2 Å². The maximum atomic E-state index is 9.94. The largest absolute Gasteiger partial charge is 0.636 e. The Labute approximate surface area is 200 Å². The molecule has 3 aliphatic rings. The SMILES string of the molecule is CN1C=C(O)OB(c2ccc(OC3CCc4c(OC5CCCCC5)cccc43)cc2)O/C(O)=C\1. The van der Waals surface area contributed by atoms with E-state index in [1.807, 2.05) is 12.1 Å². The first kappa shape index (κ1) is 22.4. The van der Waals surface area contributed by atoms with Gasteiger partial charge in [-0.25, -0.2) is 0 Å². The van der Waals surface area contributed by atoms with E-state index in [1.165, 1.54) is 47.7 Å². The smallest absolute Gasteiger partial charge is 0.494 e. The molecule has 8 heteroatoms. The normalized spacial score (nSPS) is 22.3. The van der Waals surface area contributed by atoms with Crippen molar-refractivity contribution in [2.45, 2.75) is 57.2 Å². The van der Waals surface area contributed by atoms with Crippen LogP contribution in [0, 0.1) is 0 Å². The fourth-order valence-corrected chi connectivity index (χ4v) is 4.87. The van der Waals surface area contributed by atoms with Crippen LogP contribution in [0.3, 0.4) is 0 Å². The van der Waals surface area contributed by atoms with Crippen LogP contribution in [0.5, 0.6) is 11.5 Å². The van der Waals surface area contributed by atoms with Gasteiger partial charge in [0.25, 0.3) is 11.9 Å². The standard InChI is InChI=1S/C26H30BNO6/c1-28-16-25(29)33-27(34-26(30)17-28)18-10-12-20(13-11-18)32-24-15-14-22-21(24)8-5-9-23(22)31-19-6-3-2-4-7-19/h5,8-13,16-17,19,24,29-30H,2-4,6-7,14-15H2,1H3/b25-16-,26-17?. The Morgan fingerprint density at radius 2 is 1.59 bits per heavy atom. The zero-order valence-electron chi connectivity index (χ0n) is 19.4. The van der Waals surface area contributed by atoms with Crippen LogP contribution in [0.15, 0.2) is 66.8 Å². The second-order valence-corrected chi connectivity index (χ2v) is 9.08. The number of aliphatic hydroxyl groups excluding tert-OH is 2. The van der Waals surface area contributed by atoms with Gasteiger partial charge in [0.1, 0.15) is 17.6 Å². The van der Waals surface area contributed by atoms with E-state index in [9.17, 15) is 10.2 Å². The summed E-state index contributed by atoms with van der Waals surface area (Å²) in [5, 5.41) is 19.9. The highest BCUT2D eigenvalue weighted by atomic mass is 16.7. The number of aliphatic hydroxyl groups is 2. The predicted octanol–water partition coefficient (Wildman–Crippen LogP) is 4.85. The Bertz CT molecular complexity index is 1040. The monoisotopic (exact) mass is 463 g/mol.